The number of fused-ring (bicyclic) bond motifs is 1. The molecule has 0 radical (unpaired) electrons. The Morgan fingerprint density at radius 3 is 2.50 bits per heavy atom. The predicted molar refractivity (Wildman–Crippen MR) is 98.8 cm³/mol. The van der Waals surface area contributed by atoms with Crippen LogP contribution < -0.4 is 15.0 Å². The summed E-state index contributed by atoms with van der Waals surface area (Å²) in [6.45, 7) is 0.147. The van der Waals surface area contributed by atoms with Gasteiger partial charge in [-0.1, -0.05) is 35.3 Å². The van der Waals surface area contributed by atoms with Gasteiger partial charge in [0.1, 0.15) is 11.6 Å². The lowest BCUT2D eigenvalue weighted by Crippen LogP contribution is -2.12. The topological polar surface area (TPSA) is 75.1 Å². The van der Waals surface area contributed by atoms with Crippen molar-refractivity contribution in [3.05, 3.63) is 68.4 Å². The van der Waals surface area contributed by atoms with Crippen LogP contribution in [0.4, 0.5) is 0 Å². The third-order valence-corrected chi connectivity index (χ3v) is 4.80. The normalized spacial score (nSPS) is 12.0. The summed E-state index contributed by atoms with van der Waals surface area (Å²) < 4.78 is 10.7. The van der Waals surface area contributed by atoms with Gasteiger partial charge in [0, 0.05) is 11.3 Å². The van der Waals surface area contributed by atoms with Crippen LogP contribution in [-0.4, -0.2) is 11.8 Å². The van der Waals surface area contributed by atoms with Gasteiger partial charge in [-0.2, -0.15) is 5.26 Å². The van der Waals surface area contributed by atoms with Crippen LogP contribution in [0.1, 0.15) is 5.56 Å². The van der Waals surface area contributed by atoms with Crippen molar-refractivity contribution in [2.45, 2.75) is 0 Å². The number of rotatable bonds is 2. The van der Waals surface area contributed by atoms with Gasteiger partial charge < -0.3 is 14.5 Å². The molecule has 0 spiro atoms. The molecule has 2 aromatic carbocycles. The number of nitriles is 1. The van der Waals surface area contributed by atoms with E-state index in [0.717, 1.165) is 0 Å². The number of benzene rings is 2. The molecular formula is C19H10Cl2N2O3. The van der Waals surface area contributed by atoms with Gasteiger partial charge in [-0.05, 0) is 41.5 Å². The van der Waals surface area contributed by atoms with Gasteiger partial charge in [0.2, 0.25) is 6.79 Å². The molecule has 2 heterocycles. The minimum absolute atomic E-state index is 0.0210. The molecule has 1 N–H and O–H groups in total. The highest BCUT2D eigenvalue weighted by Crippen LogP contribution is 2.37. The third kappa shape index (κ3) is 2.80. The molecule has 128 valence electrons. The fourth-order valence-electron chi connectivity index (χ4n) is 2.78. The monoisotopic (exact) mass is 384 g/mol. The van der Waals surface area contributed by atoms with E-state index in [9.17, 15) is 10.1 Å². The molecular weight excluding hydrogens is 375 g/mol. The average Bonchev–Trinajstić information content (AvgIpc) is 3.11. The lowest BCUT2D eigenvalue weighted by molar-refractivity contribution is 0.174. The molecule has 1 aliphatic heterocycles. The van der Waals surface area contributed by atoms with Gasteiger partial charge in [0.15, 0.2) is 11.5 Å². The van der Waals surface area contributed by atoms with E-state index in [-0.39, 0.29) is 12.4 Å². The van der Waals surface area contributed by atoms with Crippen LogP contribution in [0.2, 0.25) is 10.0 Å². The van der Waals surface area contributed by atoms with Crippen molar-refractivity contribution in [2.24, 2.45) is 0 Å². The molecule has 7 heteroatoms. The van der Waals surface area contributed by atoms with Gasteiger partial charge >= 0.3 is 0 Å². The standard InChI is InChI=1S/C19H10Cl2N2O3/c20-14-3-1-11(5-15(14)21)16-7-12(13(8-22)19(24)23-16)10-2-4-17-18(6-10)26-9-25-17/h1-7H,9H2,(H,23,24). The molecule has 0 aliphatic carbocycles. The zero-order valence-electron chi connectivity index (χ0n) is 13.2. The second-order valence-electron chi connectivity index (χ2n) is 5.61. The van der Waals surface area contributed by atoms with E-state index in [0.29, 0.717) is 43.9 Å². The summed E-state index contributed by atoms with van der Waals surface area (Å²) in [6, 6.07) is 14.0. The Labute approximate surface area is 158 Å². The molecule has 0 atom stereocenters. The molecule has 0 saturated heterocycles. The van der Waals surface area contributed by atoms with E-state index < -0.39 is 5.56 Å². The quantitative estimate of drug-likeness (QED) is 0.699. The lowest BCUT2D eigenvalue weighted by atomic mass is 9.98. The molecule has 1 aromatic heterocycles. The molecule has 5 nitrogen and oxygen atoms in total. The smallest absolute Gasteiger partial charge is 0.266 e. The van der Waals surface area contributed by atoms with Crippen LogP contribution in [-0.2, 0) is 0 Å². The fraction of sp³-hybridized carbons (Fsp3) is 0.0526. The van der Waals surface area contributed by atoms with Crippen molar-refractivity contribution in [3.63, 3.8) is 0 Å². The zero-order valence-corrected chi connectivity index (χ0v) is 14.7. The molecule has 3 aromatic rings. The van der Waals surface area contributed by atoms with Crippen molar-refractivity contribution in [2.75, 3.05) is 6.79 Å². The highest BCUT2D eigenvalue weighted by atomic mass is 35.5. The van der Waals surface area contributed by atoms with E-state index in [1.165, 1.54) is 0 Å². The summed E-state index contributed by atoms with van der Waals surface area (Å²) in [7, 11) is 0. The average molecular weight is 385 g/mol. The van der Waals surface area contributed by atoms with Crippen LogP contribution in [0.5, 0.6) is 11.5 Å². The Kier molecular flexibility index (Phi) is 4.08. The first-order valence-electron chi connectivity index (χ1n) is 7.59. The Hall–Kier alpha value is -2.94. The first-order valence-corrected chi connectivity index (χ1v) is 8.35. The second-order valence-corrected chi connectivity index (χ2v) is 6.42. The second kappa shape index (κ2) is 6.41. The van der Waals surface area contributed by atoms with Crippen LogP contribution in [0.3, 0.4) is 0 Å². The third-order valence-electron chi connectivity index (χ3n) is 4.06. The number of hydrogen-bond donors (Lipinski definition) is 1. The Morgan fingerprint density at radius 2 is 1.73 bits per heavy atom. The van der Waals surface area contributed by atoms with E-state index in [2.05, 4.69) is 4.98 Å². The Balaban J connectivity index is 1.91. The number of halogens is 2. The maximum absolute atomic E-state index is 12.4. The summed E-state index contributed by atoms with van der Waals surface area (Å²) in [5, 5.41) is 10.2. The first kappa shape index (κ1) is 16.5. The van der Waals surface area contributed by atoms with Crippen LogP contribution in [0.25, 0.3) is 22.4 Å². The van der Waals surface area contributed by atoms with Crippen molar-refractivity contribution in [1.82, 2.24) is 4.98 Å². The van der Waals surface area contributed by atoms with Gasteiger partial charge in [0.05, 0.1) is 10.0 Å². The SMILES string of the molecule is N#Cc1c(-c2ccc3c(c2)OCO3)cc(-c2ccc(Cl)c(Cl)c2)[nH]c1=O. The Morgan fingerprint density at radius 1 is 0.962 bits per heavy atom. The molecule has 26 heavy (non-hydrogen) atoms. The maximum atomic E-state index is 12.4. The first-order chi connectivity index (χ1) is 12.6. The summed E-state index contributed by atoms with van der Waals surface area (Å²) in [5.41, 5.74) is 1.92. The molecule has 4 rings (SSSR count). The van der Waals surface area contributed by atoms with E-state index >= 15 is 0 Å². The summed E-state index contributed by atoms with van der Waals surface area (Å²) in [4.78, 5) is 15.1. The highest BCUT2D eigenvalue weighted by Gasteiger charge is 2.18. The summed E-state index contributed by atoms with van der Waals surface area (Å²) in [5.74, 6) is 1.20. The predicted octanol–water partition coefficient (Wildman–Crippen LogP) is 4.62. The van der Waals surface area contributed by atoms with Crippen LogP contribution in [0, 0.1) is 11.3 Å². The van der Waals surface area contributed by atoms with E-state index in [1.54, 1.807) is 42.5 Å². The van der Waals surface area contributed by atoms with Crippen LogP contribution in [0.15, 0.2) is 47.3 Å². The minimum Gasteiger partial charge on any atom is -0.454 e. The number of aromatic amines is 1. The van der Waals surface area contributed by atoms with Crippen molar-refractivity contribution in [1.29, 1.82) is 5.26 Å². The zero-order chi connectivity index (χ0) is 18.3. The van der Waals surface area contributed by atoms with Crippen molar-refractivity contribution < 1.29 is 9.47 Å². The number of pyridine rings is 1. The number of H-pyrrole nitrogens is 1. The molecule has 0 amide bonds. The van der Waals surface area contributed by atoms with Gasteiger partial charge in [-0.3, -0.25) is 4.79 Å². The van der Waals surface area contributed by atoms with Crippen molar-refractivity contribution >= 4 is 23.2 Å². The lowest BCUT2D eigenvalue weighted by Gasteiger charge is -2.09. The number of ether oxygens (including phenoxy) is 2. The van der Waals surface area contributed by atoms with E-state index in [1.807, 2.05) is 6.07 Å². The Bertz CT molecular complexity index is 1130. The number of nitrogens with zero attached hydrogens (tertiary/aromatic N) is 1. The number of hydrogen-bond acceptors (Lipinski definition) is 4. The maximum Gasteiger partial charge on any atom is 0.266 e. The molecule has 0 fully saturated rings. The summed E-state index contributed by atoms with van der Waals surface area (Å²) in [6.07, 6.45) is 0. The van der Waals surface area contributed by atoms with E-state index in [4.69, 9.17) is 32.7 Å². The fourth-order valence-corrected chi connectivity index (χ4v) is 3.08. The van der Waals surface area contributed by atoms with Gasteiger partial charge in [-0.25, -0.2) is 0 Å². The summed E-state index contributed by atoms with van der Waals surface area (Å²) >= 11 is 12.0. The van der Waals surface area contributed by atoms with Gasteiger partial charge in [0.25, 0.3) is 5.56 Å². The molecule has 0 bridgehead atoms. The number of aromatic nitrogens is 1. The molecule has 0 unspecified atom stereocenters. The minimum atomic E-state index is -0.483. The molecule has 1 aliphatic rings. The van der Waals surface area contributed by atoms with Crippen LogP contribution >= 0.6 is 23.2 Å². The number of nitrogens with one attached hydrogen (secondary N) is 1. The van der Waals surface area contributed by atoms with Crippen molar-refractivity contribution in [3.8, 4) is 40.0 Å². The van der Waals surface area contributed by atoms with Gasteiger partial charge in [-0.15, -0.1) is 0 Å². The molecule has 0 saturated carbocycles. The highest BCUT2D eigenvalue weighted by molar-refractivity contribution is 6.42. The largest absolute Gasteiger partial charge is 0.454 e.